The van der Waals surface area contributed by atoms with Gasteiger partial charge in [-0.15, -0.1) is 11.3 Å². The molecule has 0 bridgehead atoms. The lowest BCUT2D eigenvalue weighted by atomic mass is 10.3. The third-order valence-corrected chi connectivity index (χ3v) is 3.59. The van der Waals surface area contributed by atoms with E-state index in [1.54, 1.807) is 30.5 Å². The lowest BCUT2D eigenvalue weighted by Crippen LogP contribution is -2.09. The molecule has 2 aromatic heterocycles. The number of esters is 1. The van der Waals surface area contributed by atoms with Gasteiger partial charge in [0, 0.05) is 6.20 Å². The molecule has 0 amide bonds. The van der Waals surface area contributed by atoms with Crippen molar-refractivity contribution in [3.05, 3.63) is 34.0 Å². The molecule has 0 atom stereocenters. The molecule has 0 fully saturated rings. The highest BCUT2D eigenvalue weighted by molar-refractivity contribution is 9.11. The predicted octanol–water partition coefficient (Wildman–Crippen LogP) is 3.14. The number of nitrogens with zero attached hydrogens (tertiary/aromatic N) is 2. The monoisotopic (exact) mass is 312 g/mol. The fourth-order valence-electron chi connectivity index (χ4n) is 1.24. The van der Waals surface area contributed by atoms with E-state index in [9.17, 15) is 4.79 Å². The van der Waals surface area contributed by atoms with Gasteiger partial charge in [-0.05, 0) is 41.1 Å². The van der Waals surface area contributed by atoms with E-state index in [0.29, 0.717) is 6.61 Å². The molecule has 0 radical (unpaired) electrons. The van der Waals surface area contributed by atoms with Crippen LogP contribution in [-0.2, 0) is 4.74 Å². The van der Waals surface area contributed by atoms with Crippen LogP contribution in [0.3, 0.4) is 0 Å². The number of aromatic nitrogens is 2. The van der Waals surface area contributed by atoms with Crippen LogP contribution in [0.25, 0.3) is 10.6 Å². The molecule has 6 heteroatoms. The number of thiophene rings is 1. The summed E-state index contributed by atoms with van der Waals surface area (Å²) in [7, 11) is 0. The number of halogens is 1. The first-order valence-corrected chi connectivity index (χ1v) is 6.57. The van der Waals surface area contributed by atoms with Crippen molar-refractivity contribution in [2.75, 3.05) is 6.61 Å². The van der Waals surface area contributed by atoms with Gasteiger partial charge in [-0.1, -0.05) is 0 Å². The molecule has 0 unspecified atom stereocenters. The number of hydrogen-bond acceptors (Lipinski definition) is 5. The summed E-state index contributed by atoms with van der Waals surface area (Å²) in [5.41, 5.74) is 0.721. The topological polar surface area (TPSA) is 52.1 Å². The molecule has 17 heavy (non-hydrogen) atoms. The van der Waals surface area contributed by atoms with E-state index in [-0.39, 0.29) is 5.82 Å². The molecule has 2 rings (SSSR count). The minimum absolute atomic E-state index is 0.0915. The van der Waals surface area contributed by atoms with Gasteiger partial charge in [0.25, 0.3) is 0 Å². The first-order chi connectivity index (χ1) is 8.20. The van der Waals surface area contributed by atoms with Gasteiger partial charge in [0.1, 0.15) is 0 Å². The Balaban J connectivity index is 2.31. The van der Waals surface area contributed by atoms with Crippen molar-refractivity contribution >= 4 is 33.2 Å². The Hall–Kier alpha value is -1.27. The molecular formula is C11H9BrN2O2S. The molecule has 2 heterocycles. The largest absolute Gasteiger partial charge is 0.460 e. The van der Waals surface area contributed by atoms with E-state index < -0.39 is 5.97 Å². The van der Waals surface area contributed by atoms with E-state index in [0.717, 1.165) is 14.4 Å². The van der Waals surface area contributed by atoms with Crippen LogP contribution in [0.1, 0.15) is 17.5 Å². The summed E-state index contributed by atoms with van der Waals surface area (Å²) >= 11 is 4.93. The minimum Gasteiger partial charge on any atom is -0.460 e. The van der Waals surface area contributed by atoms with Crippen LogP contribution in [0.15, 0.2) is 28.2 Å². The van der Waals surface area contributed by atoms with Gasteiger partial charge in [0.05, 0.1) is 21.0 Å². The standard InChI is InChI=1S/C11H9BrN2O2S/c1-2-16-11(15)10-13-6-5-7(14-10)8-3-4-9(12)17-8/h3-6H,2H2,1H3. The lowest BCUT2D eigenvalue weighted by Gasteiger charge is -2.01. The second-order valence-electron chi connectivity index (χ2n) is 3.09. The molecule has 4 nitrogen and oxygen atoms in total. The Morgan fingerprint density at radius 1 is 1.47 bits per heavy atom. The molecule has 0 aliphatic rings. The van der Waals surface area contributed by atoms with Crippen molar-refractivity contribution in [2.24, 2.45) is 0 Å². The van der Waals surface area contributed by atoms with Crippen LogP contribution in [0.4, 0.5) is 0 Å². The Morgan fingerprint density at radius 3 is 2.94 bits per heavy atom. The molecule has 0 saturated heterocycles. The van der Waals surface area contributed by atoms with E-state index >= 15 is 0 Å². The smallest absolute Gasteiger partial charge is 0.376 e. The molecule has 0 aliphatic carbocycles. The maximum absolute atomic E-state index is 11.5. The quantitative estimate of drug-likeness (QED) is 0.817. The summed E-state index contributed by atoms with van der Waals surface area (Å²) in [5.74, 6) is -0.404. The van der Waals surface area contributed by atoms with Crippen LogP contribution in [0, 0.1) is 0 Å². The highest BCUT2D eigenvalue weighted by Gasteiger charge is 2.12. The van der Waals surface area contributed by atoms with Crippen molar-refractivity contribution in [3.8, 4) is 10.6 Å². The zero-order chi connectivity index (χ0) is 12.3. The van der Waals surface area contributed by atoms with Crippen molar-refractivity contribution in [1.82, 2.24) is 9.97 Å². The normalized spacial score (nSPS) is 10.2. The average molecular weight is 313 g/mol. The van der Waals surface area contributed by atoms with E-state index in [1.165, 1.54) is 0 Å². The third-order valence-electron chi connectivity index (χ3n) is 1.94. The van der Waals surface area contributed by atoms with Crippen molar-refractivity contribution in [2.45, 2.75) is 6.92 Å². The SMILES string of the molecule is CCOC(=O)c1nccc(-c2ccc(Br)s2)n1. The Morgan fingerprint density at radius 2 is 2.29 bits per heavy atom. The zero-order valence-corrected chi connectivity index (χ0v) is 11.4. The van der Waals surface area contributed by atoms with Gasteiger partial charge < -0.3 is 4.74 Å². The summed E-state index contributed by atoms with van der Waals surface area (Å²) in [4.78, 5) is 20.5. The average Bonchev–Trinajstić information content (AvgIpc) is 2.76. The van der Waals surface area contributed by atoms with Crippen LogP contribution in [0.2, 0.25) is 0 Å². The van der Waals surface area contributed by atoms with Crippen LogP contribution >= 0.6 is 27.3 Å². The number of carbonyl (C=O) groups excluding carboxylic acids is 1. The molecule has 88 valence electrons. The third kappa shape index (κ3) is 2.89. The summed E-state index contributed by atoms with van der Waals surface area (Å²) in [6, 6.07) is 5.64. The number of ether oxygens (including phenoxy) is 1. The van der Waals surface area contributed by atoms with Gasteiger partial charge in [-0.2, -0.15) is 0 Å². The lowest BCUT2D eigenvalue weighted by molar-refractivity contribution is 0.0512. The number of hydrogen-bond donors (Lipinski definition) is 0. The molecule has 2 aromatic rings. The maximum Gasteiger partial charge on any atom is 0.376 e. The molecular weight excluding hydrogens is 304 g/mol. The molecule has 0 saturated carbocycles. The van der Waals surface area contributed by atoms with Crippen LogP contribution in [0.5, 0.6) is 0 Å². The minimum atomic E-state index is -0.495. The molecule has 0 aliphatic heterocycles. The first-order valence-electron chi connectivity index (χ1n) is 4.96. The van der Waals surface area contributed by atoms with Crippen molar-refractivity contribution in [3.63, 3.8) is 0 Å². The Labute approximate surface area is 111 Å². The summed E-state index contributed by atoms with van der Waals surface area (Å²) in [6.07, 6.45) is 1.56. The molecule has 0 N–H and O–H groups in total. The van der Waals surface area contributed by atoms with Gasteiger partial charge >= 0.3 is 5.97 Å². The summed E-state index contributed by atoms with van der Waals surface area (Å²) < 4.78 is 5.87. The van der Waals surface area contributed by atoms with Crippen LogP contribution in [-0.4, -0.2) is 22.5 Å². The summed E-state index contributed by atoms with van der Waals surface area (Å²) in [5, 5.41) is 0. The highest BCUT2D eigenvalue weighted by atomic mass is 79.9. The van der Waals surface area contributed by atoms with E-state index in [2.05, 4.69) is 25.9 Å². The maximum atomic E-state index is 11.5. The predicted molar refractivity (Wildman–Crippen MR) is 69.0 cm³/mol. The van der Waals surface area contributed by atoms with E-state index in [4.69, 9.17) is 4.74 Å². The van der Waals surface area contributed by atoms with Gasteiger partial charge in [-0.25, -0.2) is 14.8 Å². The second kappa shape index (κ2) is 5.37. The van der Waals surface area contributed by atoms with Crippen LogP contribution < -0.4 is 0 Å². The second-order valence-corrected chi connectivity index (χ2v) is 5.55. The Kier molecular flexibility index (Phi) is 3.86. The summed E-state index contributed by atoms with van der Waals surface area (Å²) in [6.45, 7) is 2.06. The van der Waals surface area contributed by atoms with Crippen molar-refractivity contribution < 1.29 is 9.53 Å². The Bertz CT molecular complexity index is 542. The van der Waals surface area contributed by atoms with Gasteiger partial charge in [-0.3, -0.25) is 0 Å². The highest BCUT2D eigenvalue weighted by Crippen LogP contribution is 2.29. The molecule has 0 aromatic carbocycles. The van der Waals surface area contributed by atoms with E-state index in [1.807, 2.05) is 12.1 Å². The fourth-order valence-corrected chi connectivity index (χ4v) is 2.60. The first kappa shape index (κ1) is 12.2. The number of rotatable bonds is 3. The van der Waals surface area contributed by atoms with Gasteiger partial charge in [0.2, 0.25) is 5.82 Å². The van der Waals surface area contributed by atoms with Gasteiger partial charge in [0.15, 0.2) is 0 Å². The fraction of sp³-hybridized carbons (Fsp3) is 0.182. The number of carbonyl (C=O) groups is 1. The van der Waals surface area contributed by atoms with Crippen molar-refractivity contribution in [1.29, 1.82) is 0 Å². The zero-order valence-electron chi connectivity index (χ0n) is 9.01. The molecule has 0 spiro atoms.